The summed E-state index contributed by atoms with van der Waals surface area (Å²) in [4.78, 5) is 38.4. The smallest absolute Gasteiger partial charge is 0.306 e. The molecule has 0 heterocycles. The van der Waals surface area contributed by atoms with Crippen LogP contribution in [0.25, 0.3) is 0 Å². The first kappa shape index (κ1) is 76.5. The molecule has 0 aliphatic heterocycles. The summed E-state index contributed by atoms with van der Waals surface area (Å²) in [5.41, 5.74) is 0. The number of rotatable bonds is 60. The van der Waals surface area contributed by atoms with Crippen molar-refractivity contribution in [3.63, 3.8) is 0 Å². The molecule has 81 heavy (non-hydrogen) atoms. The van der Waals surface area contributed by atoms with Gasteiger partial charge < -0.3 is 14.2 Å². The summed E-state index contributed by atoms with van der Waals surface area (Å²) < 4.78 is 16.9. The highest BCUT2D eigenvalue weighted by Gasteiger charge is 2.19. The van der Waals surface area contributed by atoms with Crippen molar-refractivity contribution in [2.24, 2.45) is 0 Å². The second-order valence-corrected chi connectivity index (χ2v) is 22.0. The summed E-state index contributed by atoms with van der Waals surface area (Å²) in [6.07, 6.45) is 96.0. The lowest BCUT2D eigenvalue weighted by Gasteiger charge is -2.18. The molecule has 0 aromatic carbocycles. The van der Waals surface area contributed by atoms with Gasteiger partial charge in [-0.3, -0.25) is 14.4 Å². The van der Waals surface area contributed by atoms with Crippen LogP contribution < -0.4 is 0 Å². The molecule has 0 aliphatic rings. The Hall–Kier alpha value is -4.45. The van der Waals surface area contributed by atoms with Crippen molar-refractivity contribution in [3.8, 4) is 0 Å². The largest absolute Gasteiger partial charge is 0.462 e. The van der Waals surface area contributed by atoms with Crippen molar-refractivity contribution >= 4 is 17.9 Å². The third kappa shape index (κ3) is 66.2. The van der Waals surface area contributed by atoms with Crippen molar-refractivity contribution in [1.29, 1.82) is 0 Å². The molecule has 0 rings (SSSR count). The molecule has 0 N–H and O–H groups in total. The molecule has 0 bridgehead atoms. The van der Waals surface area contributed by atoms with E-state index in [0.29, 0.717) is 19.3 Å². The zero-order chi connectivity index (χ0) is 58.5. The van der Waals surface area contributed by atoms with E-state index in [9.17, 15) is 14.4 Å². The van der Waals surface area contributed by atoms with Gasteiger partial charge >= 0.3 is 17.9 Å². The molecule has 6 heteroatoms. The van der Waals surface area contributed by atoms with Gasteiger partial charge in [-0.25, -0.2) is 0 Å². The fraction of sp³-hybridized carbons (Fsp3) is 0.667. The van der Waals surface area contributed by atoms with E-state index < -0.39 is 6.10 Å². The number of unbranched alkanes of at least 4 members (excludes halogenated alkanes) is 27. The van der Waals surface area contributed by atoms with Crippen molar-refractivity contribution in [1.82, 2.24) is 0 Å². The van der Waals surface area contributed by atoms with Gasteiger partial charge in [0.25, 0.3) is 0 Å². The van der Waals surface area contributed by atoms with Gasteiger partial charge in [0.05, 0.1) is 0 Å². The van der Waals surface area contributed by atoms with Gasteiger partial charge in [-0.1, -0.05) is 283 Å². The first-order valence-electron chi connectivity index (χ1n) is 33.7. The van der Waals surface area contributed by atoms with Crippen molar-refractivity contribution in [3.05, 3.63) is 134 Å². The van der Waals surface area contributed by atoms with Gasteiger partial charge in [-0.15, -0.1) is 0 Å². The SMILES string of the molecule is CC/C=C\C/C=C\C/C=C\C/C=C\C/C=C\C/C=C\C/C=C\CCCCCCCC(=O)OCC(COC(=O)CCCCCCCCC/C=C\C/C=C\C/C=C\CC)OC(=O)CCCCCCCCCCC/C=C\CCCCCCCC. The van der Waals surface area contributed by atoms with E-state index in [1.165, 1.54) is 116 Å². The summed E-state index contributed by atoms with van der Waals surface area (Å²) in [7, 11) is 0. The van der Waals surface area contributed by atoms with Crippen LogP contribution in [0.1, 0.15) is 303 Å². The predicted molar refractivity (Wildman–Crippen MR) is 353 cm³/mol. The monoisotopic (exact) mass is 1120 g/mol. The minimum absolute atomic E-state index is 0.0930. The molecule has 0 aliphatic carbocycles. The molecule has 0 fully saturated rings. The zero-order valence-corrected chi connectivity index (χ0v) is 52.8. The Bertz CT molecular complexity index is 1720. The lowest BCUT2D eigenvalue weighted by molar-refractivity contribution is -0.167. The second-order valence-electron chi connectivity index (χ2n) is 22.0. The molecule has 1 unspecified atom stereocenters. The van der Waals surface area contributed by atoms with E-state index in [0.717, 1.165) is 148 Å². The molecule has 0 saturated heterocycles. The molecule has 1 atom stereocenters. The molecule has 0 saturated carbocycles. The number of allylic oxidation sites excluding steroid dienone is 22. The Labute approximate surface area is 500 Å². The third-order valence-corrected chi connectivity index (χ3v) is 14.1. The fourth-order valence-corrected chi connectivity index (χ4v) is 9.14. The number of hydrogen-bond donors (Lipinski definition) is 0. The summed E-state index contributed by atoms with van der Waals surface area (Å²) in [5, 5.41) is 0. The number of esters is 3. The molecular formula is C75H124O6. The summed E-state index contributed by atoms with van der Waals surface area (Å²) in [5.74, 6) is -0.918. The molecule has 0 amide bonds. The number of ether oxygens (including phenoxy) is 3. The van der Waals surface area contributed by atoms with Gasteiger partial charge in [0.2, 0.25) is 0 Å². The topological polar surface area (TPSA) is 78.9 Å². The summed E-state index contributed by atoms with van der Waals surface area (Å²) >= 11 is 0. The Balaban J connectivity index is 4.43. The molecule has 0 aromatic rings. The van der Waals surface area contributed by atoms with E-state index >= 15 is 0 Å². The Kier molecular flexibility index (Phi) is 64.3. The quantitative estimate of drug-likeness (QED) is 0.0261. The maximum absolute atomic E-state index is 12.9. The lowest BCUT2D eigenvalue weighted by Crippen LogP contribution is -2.30. The number of carbonyl (C=O) groups is 3. The Morgan fingerprint density at radius 2 is 0.481 bits per heavy atom. The highest BCUT2D eigenvalue weighted by atomic mass is 16.6. The molecule has 6 nitrogen and oxygen atoms in total. The first-order valence-corrected chi connectivity index (χ1v) is 33.7. The van der Waals surface area contributed by atoms with Crippen LogP contribution >= 0.6 is 0 Å². The second kappa shape index (κ2) is 68.1. The molecule has 0 radical (unpaired) electrons. The molecular weight excluding hydrogens is 997 g/mol. The van der Waals surface area contributed by atoms with Crippen LogP contribution in [0.5, 0.6) is 0 Å². The predicted octanol–water partition coefficient (Wildman–Crippen LogP) is 23.3. The van der Waals surface area contributed by atoms with Crippen molar-refractivity contribution < 1.29 is 28.6 Å². The first-order chi connectivity index (χ1) is 40.0. The highest BCUT2D eigenvalue weighted by molar-refractivity contribution is 5.71. The maximum Gasteiger partial charge on any atom is 0.306 e. The fourth-order valence-electron chi connectivity index (χ4n) is 9.14. The van der Waals surface area contributed by atoms with E-state index in [4.69, 9.17) is 14.2 Å². The standard InChI is InChI=1S/C75H124O6/c1-4-7-10-13-16-19-22-25-28-31-33-34-35-36-37-38-39-40-42-44-47-50-53-56-59-62-65-68-74(77)80-71-72(70-79-73(76)67-64-61-58-55-52-49-46-43-30-27-24-21-18-15-12-9-6-3)81-75(78)69-66-63-60-57-54-51-48-45-41-32-29-26-23-20-17-14-11-8-5-2/h7,9-10,12,16,18-19,21,25-30,33-34,36-37,39-40,44,47,72H,4-6,8,11,13-15,17,20,22-24,31-32,35,38,41-43,45-46,48-71H2,1-3H3/b10-7-,12-9-,19-16-,21-18-,28-25-,29-26-,30-27-,34-33-,37-36-,40-39-,47-44-. The number of carbonyl (C=O) groups excluding carboxylic acids is 3. The lowest BCUT2D eigenvalue weighted by atomic mass is 10.1. The van der Waals surface area contributed by atoms with Crippen LogP contribution in [0.15, 0.2) is 134 Å². The van der Waals surface area contributed by atoms with Crippen molar-refractivity contribution in [2.75, 3.05) is 13.2 Å². The van der Waals surface area contributed by atoms with Crippen molar-refractivity contribution in [2.45, 2.75) is 309 Å². The van der Waals surface area contributed by atoms with Crippen LogP contribution in [0, 0.1) is 0 Å². The normalized spacial score (nSPS) is 13.0. The third-order valence-electron chi connectivity index (χ3n) is 14.1. The minimum atomic E-state index is -0.798. The van der Waals surface area contributed by atoms with Gasteiger partial charge in [0.1, 0.15) is 13.2 Å². The minimum Gasteiger partial charge on any atom is -0.462 e. The zero-order valence-electron chi connectivity index (χ0n) is 52.8. The summed E-state index contributed by atoms with van der Waals surface area (Å²) in [6.45, 7) is 6.41. The Morgan fingerprint density at radius 1 is 0.259 bits per heavy atom. The van der Waals surface area contributed by atoms with Crippen LogP contribution in [0.3, 0.4) is 0 Å². The molecule has 460 valence electrons. The van der Waals surface area contributed by atoms with Crippen LogP contribution in [0.2, 0.25) is 0 Å². The van der Waals surface area contributed by atoms with E-state index in [1.807, 2.05) is 0 Å². The highest BCUT2D eigenvalue weighted by Crippen LogP contribution is 2.16. The number of hydrogen-bond acceptors (Lipinski definition) is 6. The maximum atomic E-state index is 12.9. The Morgan fingerprint density at radius 3 is 0.765 bits per heavy atom. The van der Waals surface area contributed by atoms with E-state index in [-0.39, 0.29) is 31.1 Å². The summed E-state index contributed by atoms with van der Waals surface area (Å²) in [6, 6.07) is 0. The van der Waals surface area contributed by atoms with E-state index in [2.05, 4.69) is 154 Å². The van der Waals surface area contributed by atoms with Crippen LogP contribution in [-0.2, 0) is 28.6 Å². The van der Waals surface area contributed by atoms with Gasteiger partial charge in [-0.05, 0) is 135 Å². The van der Waals surface area contributed by atoms with Crippen LogP contribution in [0.4, 0.5) is 0 Å². The van der Waals surface area contributed by atoms with Gasteiger partial charge in [0, 0.05) is 19.3 Å². The van der Waals surface area contributed by atoms with Crippen LogP contribution in [-0.4, -0.2) is 37.2 Å². The average molecular weight is 1120 g/mol. The van der Waals surface area contributed by atoms with Gasteiger partial charge in [0.15, 0.2) is 6.10 Å². The van der Waals surface area contributed by atoms with E-state index in [1.54, 1.807) is 0 Å². The van der Waals surface area contributed by atoms with Gasteiger partial charge in [-0.2, -0.15) is 0 Å². The molecule has 0 aromatic heterocycles. The average Bonchev–Trinajstić information content (AvgIpc) is 3.47. The molecule has 0 spiro atoms.